The number of hydrogen-bond acceptors (Lipinski definition) is 5. The average molecular weight is 880 g/mol. The van der Waals surface area contributed by atoms with E-state index in [1.54, 1.807) is 6.08 Å². The van der Waals surface area contributed by atoms with Gasteiger partial charge >= 0.3 is 5.97 Å². The summed E-state index contributed by atoms with van der Waals surface area (Å²) in [5, 5.41) is 23.7. The summed E-state index contributed by atoms with van der Waals surface area (Å²) in [5.74, 6) is -0.625. The lowest BCUT2D eigenvalue weighted by Gasteiger charge is -2.23. The molecule has 6 heteroatoms. The van der Waals surface area contributed by atoms with Crippen molar-refractivity contribution in [2.45, 2.75) is 270 Å². The summed E-state index contributed by atoms with van der Waals surface area (Å²) in [7, 11) is 0. The first-order chi connectivity index (χ1) is 31.0. The molecular formula is C57H101NO5. The maximum atomic E-state index is 13.2. The van der Waals surface area contributed by atoms with Crippen LogP contribution in [0.1, 0.15) is 252 Å². The smallest absolute Gasteiger partial charge is 0.306 e. The fourth-order valence-corrected chi connectivity index (χ4v) is 7.78. The molecule has 3 N–H and O–H groups in total. The van der Waals surface area contributed by atoms with E-state index in [4.69, 9.17) is 4.74 Å². The predicted octanol–water partition coefficient (Wildman–Crippen LogP) is 16.2. The Labute approximate surface area is 390 Å². The molecule has 0 aromatic carbocycles. The molecule has 0 heterocycles. The van der Waals surface area contributed by atoms with E-state index in [9.17, 15) is 19.8 Å². The number of unbranched alkanes of at least 4 members (excludes halogenated alkanes) is 25. The normalized spacial score (nSPS) is 13.8. The maximum Gasteiger partial charge on any atom is 0.306 e. The van der Waals surface area contributed by atoms with E-state index >= 15 is 0 Å². The monoisotopic (exact) mass is 880 g/mol. The van der Waals surface area contributed by atoms with Crippen molar-refractivity contribution < 1.29 is 24.5 Å². The number of rotatable bonds is 47. The van der Waals surface area contributed by atoms with Gasteiger partial charge < -0.3 is 20.3 Å². The zero-order valence-electron chi connectivity index (χ0n) is 41.4. The van der Waals surface area contributed by atoms with Crippen molar-refractivity contribution in [2.24, 2.45) is 0 Å². The summed E-state index contributed by atoms with van der Waals surface area (Å²) >= 11 is 0. The van der Waals surface area contributed by atoms with E-state index in [0.717, 1.165) is 70.6 Å². The van der Waals surface area contributed by atoms with Crippen LogP contribution in [0.15, 0.2) is 72.9 Å². The first-order valence-electron chi connectivity index (χ1n) is 26.7. The molecule has 1 amide bonds. The minimum absolute atomic E-state index is 0.0471. The van der Waals surface area contributed by atoms with Crippen LogP contribution in [-0.2, 0) is 14.3 Å². The average Bonchev–Trinajstić information content (AvgIpc) is 3.28. The van der Waals surface area contributed by atoms with E-state index in [1.165, 1.54) is 135 Å². The van der Waals surface area contributed by atoms with Gasteiger partial charge in [-0.05, 0) is 57.4 Å². The second kappa shape index (κ2) is 50.3. The lowest BCUT2D eigenvalue weighted by Crippen LogP contribution is -2.46. The van der Waals surface area contributed by atoms with Crippen LogP contribution in [0.4, 0.5) is 0 Å². The van der Waals surface area contributed by atoms with E-state index < -0.39 is 18.2 Å². The number of hydrogen-bond donors (Lipinski definition) is 3. The first kappa shape index (κ1) is 60.3. The van der Waals surface area contributed by atoms with E-state index in [2.05, 4.69) is 86.8 Å². The van der Waals surface area contributed by atoms with Crippen molar-refractivity contribution in [1.29, 1.82) is 0 Å². The molecule has 0 aromatic rings. The van der Waals surface area contributed by atoms with Crippen molar-refractivity contribution >= 4 is 11.9 Å². The minimum atomic E-state index is -0.820. The van der Waals surface area contributed by atoms with Gasteiger partial charge in [0.1, 0.15) is 6.10 Å². The molecule has 3 atom stereocenters. The highest BCUT2D eigenvalue weighted by Crippen LogP contribution is 2.16. The third-order valence-corrected chi connectivity index (χ3v) is 11.8. The molecule has 0 rings (SSSR count). The van der Waals surface area contributed by atoms with Crippen LogP contribution in [0.3, 0.4) is 0 Å². The predicted molar refractivity (Wildman–Crippen MR) is 273 cm³/mol. The second-order valence-electron chi connectivity index (χ2n) is 17.9. The number of nitrogens with one attached hydrogen (secondary N) is 1. The molecule has 0 aliphatic heterocycles. The van der Waals surface area contributed by atoms with Crippen molar-refractivity contribution in [3.05, 3.63) is 72.9 Å². The molecule has 6 nitrogen and oxygen atoms in total. The van der Waals surface area contributed by atoms with Gasteiger partial charge in [-0.2, -0.15) is 0 Å². The third kappa shape index (κ3) is 45.7. The van der Waals surface area contributed by atoms with Crippen molar-refractivity contribution in [1.82, 2.24) is 5.32 Å². The quantitative estimate of drug-likeness (QED) is 0.0321. The molecule has 3 unspecified atom stereocenters. The number of allylic oxidation sites excluding steroid dienone is 11. The second-order valence-corrected chi connectivity index (χ2v) is 17.9. The molecule has 0 fully saturated rings. The summed E-state index contributed by atoms with van der Waals surface area (Å²) in [4.78, 5) is 26.1. The summed E-state index contributed by atoms with van der Waals surface area (Å²) < 4.78 is 5.83. The Bertz CT molecular complexity index is 1170. The zero-order chi connectivity index (χ0) is 45.9. The highest BCUT2D eigenvalue weighted by molar-refractivity contribution is 5.78. The van der Waals surface area contributed by atoms with Crippen molar-refractivity contribution in [3.8, 4) is 0 Å². The van der Waals surface area contributed by atoms with E-state index in [1.807, 2.05) is 6.08 Å². The topological polar surface area (TPSA) is 95.9 Å². The minimum Gasteiger partial charge on any atom is -0.458 e. The number of esters is 1. The van der Waals surface area contributed by atoms with Crippen LogP contribution >= 0.6 is 0 Å². The van der Waals surface area contributed by atoms with Gasteiger partial charge in [-0.15, -0.1) is 0 Å². The maximum absolute atomic E-state index is 13.2. The largest absolute Gasteiger partial charge is 0.458 e. The summed E-state index contributed by atoms with van der Waals surface area (Å²) in [5.41, 5.74) is 0. The van der Waals surface area contributed by atoms with Crippen LogP contribution in [0.2, 0.25) is 0 Å². The fourth-order valence-electron chi connectivity index (χ4n) is 7.78. The Balaban J connectivity index is 4.74. The molecule has 63 heavy (non-hydrogen) atoms. The van der Waals surface area contributed by atoms with Crippen LogP contribution in [0.5, 0.6) is 0 Å². The van der Waals surface area contributed by atoms with Gasteiger partial charge in [0.2, 0.25) is 5.91 Å². The number of carbonyl (C=O) groups excluding carboxylic acids is 2. The molecule has 0 aliphatic carbocycles. The number of ether oxygens (including phenoxy) is 1. The van der Waals surface area contributed by atoms with Crippen molar-refractivity contribution in [3.63, 3.8) is 0 Å². The molecule has 0 aliphatic rings. The molecule has 0 bridgehead atoms. The zero-order valence-corrected chi connectivity index (χ0v) is 41.4. The first-order valence-corrected chi connectivity index (χ1v) is 26.7. The van der Waals surface area contributed by atoms with Crippen molar-refractivity contribution in [2.75, 3.05) is 6.61 Å². The SMILES string of the molecule is CC/C=C\C/C=C\C/C=C\C/C=C\C/C=C\C/C=C\C(CC(=O)NC(CO)C(O)CCCCCCCCCCCCC)OC(=O)CCCCCCCCCCCCCCCCCC. The van der Waals surface area contributed by atoms with E-state index in [-0.39, 0.29) is 24.9 Å². The van der Waals surface area contributed by atoms with Gasteiger partial charge in [-0.3, -0.25) is 9.59 Å². The Morgan fingerprint density at radius 1 is 0.476 bits per heavy atom. The number of carbonyl (C=O) groups is 2. The van der Waals surface area contributed by atoms with Crippen LogP contribution < -0.4 is 5.32 Å². The van der Waals surface area contributed by atoms with Gasteiger partial charge in [0.15, 0.2) is 0 Å². The van der Waals surface area contributed by atoms with Gasteiger partial charge in [0.25, 0.3) is 0 Å². The highest BCUT2D eigenvalue weighted by Gasteiger charge is 2.23. The van der Waals surface area contributed by atoms with Crippen LogP contribution in [0.25, 0.3) is 0 Å². The fraction of sp³-hybridized carbons (Fsp3) is 0.754. The van der Waals surface area contributed by atoms with Gasteiger partial charge in [0, 0.05) is 6.42 Å². The molecule has 0 radical (unpaired) electrons. The standard InChI is InChI=1S/C57H101NO5/c1-4-7-10-13-16-19-22-24-26-28-29-31-34-36-39-42-45-48-53(63-57(62)50-47-44-41-38-35-32-30-27-25-23-20-17-14-11-8-5-2)51-56(61)58-54(52-59)55(60)49-46-43-40-37-33-21-18-15-12-9-6-3/h7,10,16,19,24,26,29,31,36,39,45,48,53-55,59-60H,4-6,8-9,11-15,17-18,20-23,25,27-28,30,32-35,37-38,40-44,46-47,49-52H2,1-3H3,(H,58,61)/b10-7-,19-16-,26-24-,31-29-,39-36-,48-45-. The molecule has 0 saturated carbocycles. The third-order valence-electron chi connectivity index (χ3n) is 11.8. The highest BCUT2D eigenvalue weighted by atomic mass is 16.5. The van der Waals surface area contributed by atoms with Gasteiger partial charge in [-0.1, -0.05) is 255 Å². The number of aliphatic hydroxyl groups excluding tert-OH is 2. The summed E-state index contributed by atoms with van der Waals surface area (Å²) in [6, 6.07) is -0.743. The number of aliphatic hydroxyl groups is 2. The van der Waals surface area contributed by atoms with E-state index in [0.29, 0.717) is 19.3 Å². The molecular weight excluding hydrogens is 779 g/mol. The van der Waals surface area contributed by atoms with Crippen LogP contribution in [0, 0.1) is 0 Å². The molecule has 0 spiro atoms. The summed E-state index contributed by atoms with van der Waals surface area (Å²) in [6.45, 7) is 6.34. The number of amides is 1. The Morgan fingerprint density at radius 2 is 0.825 bits per heavy atom. The Kier molecular flexibility index (Phi) is 48.1. The lowest BCUT2D eigenvalue weighted by atomic mass is 10.0. The summed E-state index contributed by atoms with van der Waals surface area (Å²) in [6.07, 6.45) is 64.2. The lowest BCUT2D eigenvalue weighted by molar-refractivity contribution is -0.148. The molecule has 0 saturated heterocycles. The molecule has 0 aromatic heterocycles. The van der Waals surface area contributed by atoms with Gasteiger partial charge in [-0.25, -0.2) is 0 Å². The van der Waals surface area contributed by atoms with Gasteiger partial charge in [0.05, 0.1) is 25.2 Å². The van der Waals surface area contributed by atoms with Crippen LogP contribution in [-0.4, -0.2) is 46.9 Å². The Morgan fingerprint density at radius 3 is 1.21 bits per heavy atom. The molecule has 364 valence electrons. The Hall–Kier alpha value is -2.70.